The summed E-state index contributed by atoms with van der Waals surface area (Å²) in [4.78, 5) is 35.6. The monoisotopic (exact) mass is 565 g/mol. The molecule has 10 heteroatoms. The van der Waals surface area contributed by atoms with Gasteiger partial charge in [0.05, 0.1) is 22.1 Å². The number of nitrogens with one attached hydrogen (secondary N) is 1. The number of hydrogen-bond acceptors (Lipinski definition) is 4. The van der Waals surface area contributed by atoms with Gasteiger partial charge in [-0.1, -0.05) is 29.3 Å². The molecule has 3 heterocycles. The molecule has 200 valence electrons. The molecular weight excluding hydrogens is 540 g/mol. The zero-order valence-electron chi connectivity index (χ0n) is 21.8. The second kappa shape index (κ2) is 10.4. The minimum atomic E-state index is -0.622. The molecule has 1 saturated carbocycles. The topological polar surface area (TPSA) is 80.1 Å². The van der Waals surface area contributed by atoms with E-state index in [-0.39, 0.29) is 33.7 Å². The molecule has 3 aromatic heterocycles. The van der Waals surface area contributed by atoms with E-state index in [1.165, 1.54) is 15.5 Å². The highest BCUT2D eigenvalue weighted by molar-refractivity contribution is 6.31. The van der Waals surface area contributed by atoms with Crippen LogP contribution < -0.4 is 10.9 Å². The quantitative estimate of drug-likeness (QED) is 0.291. The molecular formula is C29H26Cl2FN5O2. The summed E-state index contributed by atoms with van der Waals surface area (Å²) in [6.07, 6.45) is 5.82. The van der Waals surface area contributed by atoms with Crippen molar-refractivity contribution >= 4 is 34.9 Å². The van der Waals surface area contributed by atoms with Gasteiger partial charge in [0.2, 0.25) is 0 Å². The number of amides is 2. The standard InChI is InChI=1S/C29H26Cl2FN5O2/c1-15-12-34-24(19-6-5-7-23(27(19)32)35-29(39)36(3)4)11-25(15)37-16(2)8-22(26(31)28(37)38)21-10-20(21)17-9-18(30)14-33-13-17/h5-9,11-14,20-21H,10H2,1-4H3,(H,35,39)/t20-,21+/m1/s1. The van der Waals surface area contributed by atoms with E-state index in [4.69, 9.17) is 23.2 Å². The third-order valence-corrected chi connectivity index (χ3v) is 7.53. The maximum atomic E-state index is 15.4. The van der Waals surface area contributed by atoms with E-state index in [0.29, 0.717) is 22.1 Å². The molecule has 2 amide bonds. The summed E-state index contributed by atoms with van der Waals surface area (Å²) in [6, 6.07) is 9.72. The van der Waals surface area contributed by atoms with Gasteiger partial charge in [0.1, 0.15) is 5.02 Å². The number of anilines is 1. The number of halogens is 3. The van der Waals surface area contributed by atoms with Crippen LogP contribution in [0.4, 0.5) is 14.9 Å². The van der Waals surface area contributed by atoms with Gasteiger partial charge < -0.3 is 10.2 Å². The number of hydrogen-bond donors (Lipinski definition) is 1. The van der Waals surface area contributed by atoms with Gasteiger partial charge in [-0.2, -0.15) is 0 Å². The highest BCUT2D eigenvalue weighted by Crippen LogP contribution is 2.56. The van der Waals surface area contributed by atoms with Gasteiger partial charge in [-0.15, -0.1) is 0 Å². The van der Waals surface area contributed by atoms with Crippen LogP contribution in [-0.2, 0) is 0 Å². The molecule has 1 N–H and O–H groups in total. The number of urea groups is 1. The summed E-state index contributed by atoms with van der Waals surface area (Å²) >= 11 is 12.8. The van der Waals surface area contributed by atoms with Gasteiger partial charge in [0.25, 0.3) is 5.56 Å². The molecule has 0 aliphatic heterocycles. The molecule has 0 saturated heterocycles. The van der Waals surface area contributed by atoms with Gasteiger partial charge in [0.15, 0.2) is 5.82 Å². The van der Waals surface area contributed by atoms with Gasteiger partial charge in [-0.25, -0.2) is 9.18 Å². The number of carbonyl (C=O) groups is 1. The minimum absolute atomic E-state index is 0.0322. The lowest BCUT2D eigenvalue weighted by Crippen LogP contribution is -2.27. The van der Waals surface area contributed by atoms with Crippen LogP contribution in [0.25, 0.3) is 16.9 Å². The fraction of sp³-hybridized carbons (Fsp3) is 0.241. The van der Waals surface area contributed by atoms with Crippen molar-refractivity contribution in [2.75, 3.05) is 19.4 Å². The molecule has 1 aliphatic rings. The van der Waals surface area contributed by atoms with Crippen molar-refractivity contribution in [3.8, 4) is 16.9 Å². The highest BCUT2D eigenvalue weighted by Gasteiger charge is 2.42. The van der Waals surface area contributed by atoms with Crippen molar-refractivity contribution < 1.29 is 9.18 Å². The lowest BCUT2D eigenvalue weighted by molar-refractivity contribution is 0.230. The van der Waals surface area contributed by atoms with Crippen LogP contribution in [0.3, 0.4) is 0 Å². The molecule has 0 unspecified atom stereocenters. The van der Waals surface area contributed by atoms with Crippen LogP contribution in [0, 0.1) is 19.7 Å². The first-order chi connectivity index (χ1) is 18.6. The molecule has 0 radical (unpaired) electrons. The van der Waals surface area contributed by atoms with E-state index in [1.807, 2.05) is 26.0 Å². The number of rotatable bonds is 5. The van der Waals surface area contributed by atoms with Crippen molar-refractivity contribution in [1.29, 1.82) is 0 Å². The predicted octanol–water partition coefficient (Wildman–Crippen LogP) is 6.72. The van der Waals surface area contributed by atoms with E-state index in [9.17, 15) is 9.59 Å². The molecule has 1 aromatic carbocycles. The Labute approximate surface area is 235 Å². The summed E-state index contributed by atoms with van der Waals surface area (Å²) in [5.41, 5.74) is 3.97. The average Bonchev–Trinajstić information content (AvgIpc) is 3.69. The Morgan fingerprint density at radius 3 is 2.59 bits per heavy atom. The van der Waals surface area contributed by atoms with E-state index < -0.39 is 11.8 Å². The van der Waals surface area contributed by atoms with Crippen LogP contribution >= 0.6 is 23.2 Å². The van der Waals surface area contributed by atoms with Crippen molar-refractivity contribution in [2.45, 2.75) is 32.1 Å². The molecule has 0 spiro atoms. The molecule has 4 aromatic rings. The maximum Gasteiger partial charge on any atom is 0.321 e. The fourth-order valence-corrected chi connectivity index (χ4v) is 5.26. The van der Waals surface area contributed by atoms with E-state index in [1.54, 1.807) is 50.9 Å². The summed E-state index contributed by atoms with van der Waals surface area (Å²) in [5.74, 6) is -0.328. The Morgan fingerprint density at radius 1 is 1.10 bits per heavy atom. The SMILES string of the molecule is Cc1cnc(-c2cccc(NC(=O)N(C)C)c2F)cc1-n1c(C)cc([C@H]2C[C@@H]2c2cncc(Cl)c2)c(Cl)c1=O. The third kappa shape index (κ3) is 5.14. The number of nitrogens with zero attached hydrogens (tertiary/aromatic N) is 4. The minimum Gasteiger partial charge on any atom is -0.331 e. The van der Waals surface area contributed by atoms with Crippen molar-refractivity contribution in [1.82, 2.24) is 19.4 Å². The first kappa shape index (κ1) is 26.8. The molecule has 39 heavy (non-hydrogen) atoms. The Morgan fingerprint density at radius 2 is 1.87 bits per heavy atom. The predicted molar refractivity (Wildman–Crippen MR) is 152 cm³/mol. The Bertz CT molecular complexity index is 1670. The van der Waals surface area contributed by atoms with Gasteiger partial charge in [-0.05, 0) is 79.1 Å². The number of carbonyl (C=O) groups excluding carboxylic acids is 1. The number of pyridine rings is 3. The Hall–Kier alpha value is -3.75. The van der Waals surface area contributed by atoms with Crippen LogP contribution in [0.2, 0.25) is 10.0 Å². The highest BCUT2D eigenvalue weighted by atomic mass is 35.5. The van der Waals surface area contributed by atoms with E-state index in [0.717, 1.165) is 23.1 Å². The smallest absolute Gasteiger partial charge is 0.321 e. The van der Waals surface area contributed by atoms with Gasteiger partial charge in [0, 0.05) is 43.9 Å². The first-order valence-electron chi connectivity index (χ1n) is 12.3. The fourth-order valence-electron chi connectivity index (χ4n) is 4.80. The Balaban J connectivity index is 1.52. The zero-order chi connectivity index (χ0) is 28.0. The molecule has 2 atom stereocenters. The molecule has 1 fully saturated rings. The first-order valence-corrected chi connectivity index (χ1v) is 13.1. The summed E-state index contributed by atoms with van der Waals surface area (Å²) < 4.78 is 16.9. The number of aryl methyl sites for hydroxylation is 2. The zero-order valence-corrected chi connectivity index (χ0v) is 23.3. The van der Waals surface area contributed by atoms with E-state index in [2.05, 4.69) is 15.3 Å². The lowest BCUT2D eigenvalue weighted by Gasteiger charge is -2.17. The lowest BCUT2D eigenvalue weighted by atomic mass is 10.0. The normalized spacial score (nSPS) is 16.2. The third-order valence-electron chi connectivity index (χ3n) is 6.94. The molecule has 0 bridgehead atoms. The summed E-state index contributed by atoms with van der Waals surface area (Å²) in [7, 11) is 3.14. The second-order valence-corrected chi connectivity index (χ2v) is 10.7. The van der Waals surface area contributed by atoms with Gasteiger partial charge >= 0.3 is 6.03 Å². The average molecular weight is 566 g/mol. The number of aromatic nitrogens is 3. The van der Waals surface area contributed by atoms with Crippen LogP contribution in [0.15, 0.2) is 59.8 Å². The molecule has 5 rings (SSSR count). The molecule has 7 nitrogen and oxygen atoms in total. The van der Waals surface area contributed by atoms with Crippen LogP contribution in [-0.4, -0.2) is 39.6 Å². The van der Waals surface area contributed by atoms with Crippen LogP contribution in [0.5, 0.6) is 0 Å². The van der Waals surface area contributed by atoms with E-state index >= 15 is 4.39 Å². The maximum absolute atomic E-state index is 15.4. The van der Waals surface area contributed by atoms with Gasteiger partial charge in [-0.3, -0.25) is 19.3 Å². The Kier molecular flexibility index (Phi) is 7.18. The van der Waals surface area contributed by atoms with Crippen molar-refractivity contribution in [3.05, 3.63) is 104 Å². The largest absolute Gasteiger partial charge is 0.331 e. The summed E-state index contributed by atoms with van der Waals surface area (Å²) in [5, 5.41) is 3.27. The van der Waals surface area contributed by atoms with Crippen molar-refractivity contribution in [3.63, 3.8) is 0 Å². The molecule has 1 aliphatic carbocycles. The number of benzene rings is 1. The van der Waals surface area contributed by atoms with Crippen LogP contribution in [0.1, 0.15) is 40.6 Å². The second-order valence-electron chi connectivity index (χ2n) is 9.93. The van der Waals surface area contributed by atoms with Crippen molar-refractivity contribution in [2.24, 2.45) is 0 Å². The summed E-state index contributed by atoms with van der Waals surface area (Å²) in [6.45, 7) is 3.67.